The first-order chi connectivity index (χ1) is 11.8. The molecule has 0 aliphatic heterocycles. The van der Waals surface area contributed by atoms with Crippen LogP contribution in [0.4, 0.5) is 0 Å². The Morgan fingerprint density at radius 3 is 2.46 bits per heavy atom. The molecule has 2 rings (SSSR count). The maximum absolute atomic E-state index is 12.2. The third kappa shape index (κ3) is 7.23. The van der Waals surface area contributed by atoms with E-state index in [-0.39, 0.29) is 42.1 Å². The van der Waals surface area contributed by atoms with Gasteiger partial charge >= 0.3 is 0 Å². The van der Waals surface area contributed by atoms with Crippen molar-refractivity contribution in [3.63, 3.8) is 0 Å². The predicted molar refractivity (Wildman–Crippen MR) is 106 cm³/mol. The summed E-state index contributed by atoms with van der Waals surface area (Å²) in [5.41, 5.74) is 7.54. The molecule has 1 saturated carbocycles. The second-order valence-electron chi connectivity index (χ2n) is 7.14. The van der Waals surface area contributed by atoms with Crippen molar-refractivity contribution in [1.82, 2.24) is 10.0 Å². The van der Waals surface area contributed by atoms with Gasteiger partial charge in [-0.05, 0) is 43.7 Å². The van der Waals surface area contributed by atoms with Gasteiger partial charge in [0.1, 0.15) is 0 Å². The summed E-state index contributed by atoms with van der Waals surface area (Å²) in [6.45, 7) is 3.91. The van der Waals surface area contributed by atoms with Gasteiger partial charge in [-0.15, -0.1) is 12.4 Å². The average molecular weight is 404 g/mol. The Kier molecular flexibility index (Phi) is 9.03. The van der Waals surface area contributed by atoms with Crippen LogP contribution in [0.25, 0.3) is 0 Å². The summed E-state index contributed by atoms with van der Waals surface area (Å²) in [5, 5.41) is 2.90. The van der Waals surface area contributed by atoms with Crippen molar-refractivity contribution >= 4 is 28.3 Å². The third-order valence-corrected chi connectivity index (χ3v) is 6.04. The lowest BCUT2D eigenvalue weighted by atomic mass is 10.00. The normalized spacial score (nSPS) is 20.0. The molecule has 1 aliphatic rings. The molecule has 2 atom stereocenters. The molecular weight excluding hydrogens is 374 g/mol. The highest BCUT2D eigenvalue weighted by molar-refractivity contribution is 7.88. The molecule has 1 aliphatic carbocycles. The van der Waals surface area contributed by atoms with E-state index >= 15 is 0 Å². The zero-order chi connectivity index (χ0) is 18.4. The number of carbonyl (C=O) groups excluding carboxylic acids is 1. The molecule has 26 heavy (non-hydrogen) atoms. The van der Waals surface area contributed by atoms with E-state index in [0.717, 1.165) is 24.8 Å². The van der Waals surface area contributed by atoms with Gasteiger partial charge in [0.05, 0.1) is 5.75 Å². The van der Waals surface area contributed by atoms with Gasteiger partial charge in [0.2, 0.25) is 15.9 Å². The number of carbonyl (C=O) groups is 1. The predicted octanol–water partition coefficient (Wildman–Crippen LogP) is 2.07. The zero-order valence-electron chi connectivity index (χ0n) is 15.4. The molecule has 0 unspecified atom stereocenters. The molecule has 0 aromatic heterocycles. The maximum Gasteiger partial charge on any atom is 0.220 e. The number of hydrogen-bond donors (Lipinski definition) is 3. The molecule has 1 aromatic carbocycles. The fourth-order valence-corrected chi connectivity index (χ4v) is 4.79. The lowest BCUT2D eigenvalue weighted by Gasteiger charge is -2.16. The fourth-order valence-electron chi connectivity index (χ4n) is 3.30. The van der Waals surface area contributed by atoms with Gasteiger partial charge in [-0.1, -0.05) is 30.7 Å². The molecule has 0 radical (unpaired) electrons. The highest BCUT2D eigenvalue weighted by Gasteiger charge is 2.26. The van der Waals surface area contributed by atoms with Crippen LogP contribution in [0.1, 0.15) is 50.7 Å². The molecule has 0 spiro atoms. The summed E-state index contributed by atoms with van der Waals surface area (Å²) in [6, 6.07) is 7.26. The molecule has 1 fully saturated rings. The lowest BCUT2D eigenvalue weighted by molar-refractivity contribution is -0.122. The third-order valence-electron chi connectivity index (χ3n) is 4.52. The molecule has 1 amide bonds. The van der Waals surface area contributed by atoms with Gasteiger partial charge in [-0.25, -0.2) is 13.1 Å². The van der Waals surface area contributed by atoms with Crippen molar-refractivity contribution in [3.05, 3.63) is 35.4 Å². The Morgan fingerprint density at radius 1 is 1.23 bits per heavy atom. The number of benzene rings is 1. The summed E-state index contributed by atoms with van der Waals surface area (Å²) >= 11 is 0. The number of rotatable bonds is 8. The first-order valence-electron chi connectivity index (χ1n) is 8.86. The second-order valence-corrected chi connectivity index (χ2v) is 8.89. The number of sulfonamides is 1. The summed E-state index contributed by atoms with van der Waals surface area (Å²) in [4.78, 5) is 12.2. The minimum absolute atomic E-state index is 0. The molecule has 8 heteroatoms. The van der Waals surface area contributed by atoms with Crippen LogP contribution < -0.4 is 15.8 Å². The first kappa shape index (κ1) is 22.9. The minimum Gasteiger partial charge on any atom is -0.352 e. The Balaban J connectivity index is 0.00000338. The quantitative estimate of drug-likeness (QED) is 0.618. The van der Waals surface area contributed by atoms with E-state index in [1.54, 1.807) is 19.9 Å². The van der Waals surface area contributed by atoms with E-state index in [2.05, 4.69) is 10.0 Å². The van der Waals surface area contributed by atoms with Crippen molar-refractivity contribution < 1.29 is 13.2 Å². The fraction of sp³-hybridized carbons (Fsp3) is 0.611. The molecule has 148 valence electrons. The van der Waals surface area contributed by atoms with Gasteiger partial charge in [0, 0.05) is 25.0 Å². The lowest BCUT2D eigenvalue weighted by Crippen LogP contribution is -2.32. The topological polar surface area (TPSA) is 101 Å². The van der Waals surface area contributed by atoms with Gasteiger partial charge in [-0.2, -0.15) is 0 Å². The smallest absolute Gasteiger partial charge is 0.220 e. The summed E-state index contributed by atoms with van der Waals surface area (Å²) in [7, 11) is -3.40. The highest BCUT2D eigenvalue weighted by Crippen LogP contribution is 2.26. The van der Waals surface area contributed by atoms with Crippen LogP contribution in [0, 0.1) is 5.92 Å². The standard InChI is InChI=1S/C18H29N3O3S.ClH/c1-13(2)21-25(23,24)12-16-7-4-3-6-15(16)11-20-18(22)10-14-8-5-9-17(14)19;/h3-4,6-7,13-14,17,21H,5,8-12,19H2,1-2H3,(H,20,22);1H/t14-,17+;/m0./s1. The Bertz CT molecular complexity index is 695. The summed E-state index contributed by atoms with van der Waals surface area (Å²) in [6.07, 6.45) is 3.52. The van der Waals surface area contributed by atoms with E-state index in [0.29, 0.717) is 18.5 Å². The average Bonchev–Trinajstić information content (AvgIpc) is 2.90. The van der Waals surface area contributed by atoms with Crippen LogP contribution >= 0.6 is 12.4 Å². The number of nitrogens with one attached hydrogen (secondary N) is 2. The van der Waals surface area contributed by atoms with E-state index < -0.39 is 10.0 Å². The van der Waals surface area contributed by atoms with Crippen molar-refractivity contribution in [2.75, 3.05) is 0 Å². The Morgan fingerprint density at radius 2 is 1.88 bits per heavy atom. The van der Waals surface area contributed by atoms with E-state index in [4.69, 9.17) is 5.73 Å². The van der Waals surface area contributed by atoms with Crippen LogP contribution in [0.3, 0.4) is 0 Å². The molecular formula is C18H30ClN3O3S. The van der Waals surface area contributed by atoms with Gasteiger partial charge in [0.25, 0.3) is 0 Å². The molecule has 0 heterocycles. The Labute approximate surface area is 162 Å². The molecule has 0 bridgehead atoms. The van der Waals surface area contributed by atoms with Gasteiger partial charge in [-0.3, -0.25) is 4.79 Å². The van der Waals surface area contributed by atoms with E-state index in [9.17, 15) is 13.2 Å². The highest BCUT2D eigenvalue weighted by atomic mass is 35.5. The van der Waals surface area contributed by atoms with Crippen LogP contribution in [-0.4, -0.2) is 26.4 Å². The van der Waals surface area contributed by atoms with E-state index in [1.807, 2.05) is 18.2 Å². The minimum atomic E-state index is -3.40. The van der Waals surface area contributed by atoms with Gasteiger partial charge < -0.3 is 11.1 Å². The first-order valence-corrected chi connectivity index (χ1v) is 10.5. The molecule has 4 N–H and O–H groups in total. The van der Waals surface area contributed by atoms with Crippen molar-refractivity contribution in [2.45, 2.75) is 63.9 Å². The number of halogens is 1. The summed E-state index contributed by atoms with van der Waals surface area (Å²) in [5.74, 6) is 0.135. The van der Waals surface area contributed by atoms with Crippen LogP contribution in [-0.2, 0) is 27.1 Å². The number of amides is 1. The Hall–Kier alpha value is -1.15. The van der Waals surface area contributed by atoms with Crippen LogP contribution in [0.15, 0.2) is 24.3 Å². The summed E-state index contributed by atoms with van der Waals surface area (Å²) < 4.78 is 26.9. The SMILES string of the molecule is CC(C)NS(=O)(=O)Cc1ccccc1CNC(=O)C[C@@H]1CCC[C@H]1N.Cl. The molecule has 6 nitrogen and oxygen atoms in total. The maximum atomic E-state index is 12.2. The van der Waals surface area contributed by atoms with Crippen molar-refractivity contribution in [2.24, 2.45) is 11.7 Å². The zero-order valence-corrected chi connectivity index (χ0v) is 17.0. The van der Waals surface area contributed by atoms with E-state index in [1.165, 1.54) is 0 Å². The molecule has 0 saturated heterocycles. The largest absolute Gasteiger partial charge is 0.352 e. The molecule has 1 aromatic rings. The monoisotopic (exact) mass is 403 g/mol. The van der Waals surface area contributed by atoms with Gasteiger partial charge in [0.15, 0.2) is 0 Å². The van der Waals surface area contributed by atoms with Crippen LogP contribution in [0.5, 0.6) is 0 Å². The van der Waals surface area contributed by atoms with Crippen molar-refractivity contribution in [3.8, 4) is 0 Å². The van der Waals surface area contributed by atoms with Crippen molar-refractivity contribution in [1.29, 1.82) is 0 Å². The number of nitrogens with two attached hydrogens (primary N) is 1. The second kappa shape index (κ2) is 10.3. The number of hydrogen-bond acceptors (Lipinski definition) is 4. The van der Waals surface area contributed by atoms with Crippen LogP contribution in [0.2, 0.25) is 0 Å².